The van der Waals surface area contributed by atoms with E-state index in [1.54, 1.807) is 12.1 Å². The van der Waals surface area contributed by atoms with E-state index in [1.165, 1.54) is 49.1 Å². The van der Waals surface area contributed by atoms with Crippen LogP contribution in [0.1, 0.15) is 32.1 Å². The van der Waals surface area contributed by atoms with E-state index in [-0.39, 0.29) is 11.7 Å². The minimum atomic E-state index is -0.345. The summed E-state index contributed by atoms with van der Waals surface area (Å²) < 4.78 is 13.2. The average molecular weight is 380 g/mol. The van der Waals surface area contributed by atoms with Gasteiger partial charge in [-0.05, 0) is 43.3 Å². The molecule has 2 fully saturated rings. The summed E-state index contributed by atoms with van der Waals surface area (Å²) in [6.45, 7) is 3.88. The standard InChI is InChI=1S/C19H27FN4OS/c20-15-5-4-8-17(13-15)21-18(25)14-23-9-11-24(12-10-23)19(26)22-16-6-2-1-3-7-16/h4-5,8,13,16H,1-3,6-7,9-12,14H2,(H,21,25)(H,22,26)/p+1. The second-order valence-electron chi connectivity index (χ2n) is 7.26. The highest BCUT2D eigenvalue weighted by Gasteiger charge is 2.25. The molecular formula is C19H28FN4OS+. The second kappa shape index (κ2) is 9.28. The van der Waals surface area contributed by atoms with E-state index in [0.717, 1.165) is 31.3 Å². The Kier molecular flexibility index (Phi) is 6.80. The molecule has 0 spiro atoms. The van der Waals surface area contributed by atoms with Crippen molar-refractivity contribution in [3.8, 4) is 0 Å². The van der Waals surface area contributed by atoms with Crippen LogP contribution in [0.3, 0.4) is 0 Å². The fourth-order valence-electron chi connectivity index (χ4n) is 3.71. The van der Waals surface area contributed by atoms with Crippen LogP contribution in [-0.4, -0.2) is 54.7 Å². The zero-order valence-corrected chi connectivity index (χ0v) is 15.9. The molecule has 1 saturated heterocycles. The molecule has 3 N–H and O–H groups in total. The minimum absolute atomic E-state index is 0.0815. The van der Waals surface area contributed by atoms with Crippen LogP contribution in [0.4, 0.5) is 10.1 Å². The molecule has 5 nitrogen and oxygen atoms in total. The van der Waals surface area contributed by atoms with Gasteiger partial charge in [0.15, 0.2) is 11.7 Å². The maximum absolute atomic E-state index is 13.2. The van der Waals surface area contributed by atoms with Crippen LogP contribution in [0.15, 0.2) is 24.3 Å². The van der Waals surface area contributed by atoms with Crippen molar-refractivity contribution < 1.29 is 14.1 Å². The van der Waals surface area contributed by atoms with E-state index in [9.17, 15) is 9.18 Å². The average Bonchev–Trinajstić information content (AvgIpc) is 2.63. The van der Waals surface area contributed by atoms with Gasteiger partial charge in [0.05, 0.1) is 26.2 Å². The van der Waals surface area contributed by atoms with Crippen LogP contribution in [0.2, 0.25) is 0 Å². The van der Waals surface area contributed by atoms with Crippen molar-refractivity contribution in [1.82, 2.24) is 10.2 Å². The van der Waals surface area contributed by atoms with Crippen molar-refractivity contribution in [3.63, 3.8) is 0 Å². The molecule has 0 unspecified atom stereocenters. The predicted octanol–water partition coefficient (Wildman–Crippen LogP) is 1.17. The van der Waals surface area contributed by atoms with Crippen LogP contribution in [0.25, 0.3) is 0 Å². The third-order valence-electron chi connectivity index (χ3n) is 5.21. The molecule has 0 atom stereocenters. The van der Waals surface area contributed by atoms with Gasteiger partial charge in [-0.25, -0.2) is 4.39 Å². The molecule has 7 heteroatoms. The summed E-state index contributed by atoms with van der Waals surface area (Å²) in [5, 5.41) is 7.14. The molecule has 2 aliphatic rings. The summed E-state index contributed by atoms with van der Waals surface area (Å²) in [5.41, 5.74) is 0.505. The molecule has 1 aromatic rings. The van der Waals surface area contributed by atoms with Crippen molar-refractivity contribution in [1.29, 1.82) is 0 Å². The Labute approximate surface area is 159 Å². The molecule has 1 aliphatic carbocycles. The molecule has 1 amide bonds. The summed E-state index contributed by atoms with van der Waals surface area (Å²) in [6.07, 6.45) is 6.35. The number of halogens is 1. The second-order valence-corrected chi connectivity index (χ2v) is 7.64. The van der Waals surface area contributed by atoms with E-state index in [4.69, 9.17) is 12.2 Å². The smallest absolute Gasteiger partial charge is 0.279 e. The van der Waals surface area contributed by atoms with E-state index >= 15 is 0 Å². The van der Waals surface area contributed by atoms with Gasteiger partial charge >= 0.3 is 0 Å². The molecule has 1 aliphatic heterocycles. The molecule has 0 radical (unpaired) electrons. The molecule has 142 valence electrons. The Balaban J connectivity index is 1.39. The quantitative estimate of drug-likeness (QED) is 0.688. The SMILES string of the molecule is O=C(C[NH+]1CCN(C(=S)NC2CCCCC2)CC1)Nc1cccc(F)c1. The Morgan fingerprint density at radius 2 is 1.96 bits per heavy atom. The summed E-state index contributed by atoms with van der Waals surface area (Å²) in [4.78, 5) is 15.6. The highest BCUT2D eigenvalue weighted by molar-refractivity contribution is 7.80. The van der Waals surface area contributed by atoms with E-state index in [1.807, 2.05) is 0 Å². The summed E-state index contributed by atoms with van der Waals surface area (Å²) >= 11 is 5.57. The number of nitrogens with one attached hydrogen (secondary N) is 3. The number of rotatable bonds is 4. The van der Waals surface area contributed by atoms with Gasteiger partial charge in [-0.15, -0.1) is 0 Å². The molecule has 0 bridgehead atoms. The van der Waals surface area contributed by atoms with Crippen molar-refractivity contribution in [2.75, 3.05) is 38.0 Å². The number of nitrogens with zero attached hydrogens (tertiary/aromatic N) is 1. The number of carbonyl (C=O) groups excluding carboxylic acids is 1. The van der Waals surface area contributed by atoms with Crippen molar-refractivity contribution >= 4 is 28.9 Å². The largest absolute Gasteiger partial charge is 0.360 e. The molecular weight excluding hydrogens is 351 g/mol. The van der Waals surface area contributed by atoms with Gasteiger partial charge < -0.3 is 20.4 Å². The lowest BCUT2D eigenvalue weighted by Gasteiger charge is -2.35. The maximum atomic E-state index is 13.2. The summed E-state index contributed by atoms with van der Waals surface area (Å²) in [5.74, 6) is -0.426. The summed E-state index contributed by atoms with van der Waals surface area (Å²) in [6, 6.07) is 6.52. The minimum Gasteiger partial charge on any atom is -0.360 e. The van der Waals surface area contributed by atoms with Gasteiger partial charge in [-0.3, -0.25) is 4.79 Å². The Morgan fingerprint density at radius 3 is 2.65 bits per heavy atom. The lowest BCUT2D eigenvalue weighted by Crippen LogP contribution is -3.15. The molecule has 0 aromatic heterocycles. The van der Waals surface area contributed by atoms with Gasteiger partial charge in [-0.2, -0.15) is 0 Å². The number of benzene rings is 1. The van der Waals surface area contributed by atoms with Crippen molar-refractivity contribution in [2.24, 2.45) is 0 Å². The highest BCUT2D eigenvalue weighted by atomic mass is 32.1. The zero-order chi connectivity index (χ0) is 18.4. The zero-order valence-electron chi connectivity index (χ0n) is 15.1. The number of anilines is 1. The topological polar surface area (TPSA) is 48.8 Å². The number of amides is 1. The number of thiocarbonyl (C=S) groups is 1. The third kappa shape index (κ3) is 5.64. The highest BCUT2D eigenvalue weighted by Crippen LogP contribution is 2.17. The van der Waals surface area contributed by atoms with Crippen LogP contribution < -0.4 is 15.5 Å². The molecule has 1 aromatic carbocycles. The number of hydrogen-bond donors (Lipinski definition) is 3. The van der Waals surface area contributed by atoms with Gasteiger partial charge in [-0.1, -0.05) is 25.3 Å². The number of carbonyl (C=O) groups is 1. The van der Waals surface area contributed by atoms with E-state index in [2.05, 4.69) is 15.5 Å². The summed E-state index contributed by atoms with van der Waals surface area (Å²) in [7, 11) is 0. The Bertz CT molecular complexity index is 628. The van der Waals surface area contributed by atoms with E-state index < -0.39 is 0 Å². The Hall–Kier alpha value is -1.73. The molecule has 1 heterocycles. The van der Waals surface area contributed by atoms with Gasteiger partial charge in [0, 0.05) is 11.7 Å². The maximum Gasteiger partial charge on any atom is 0.279 e. The number of piperazine rings is 1. The fraction of sp³-hybridized carbons (Fsp3) is 0.579. The lowest BCUT2D eigenvalue weighted by molar-refractivity contribution is -0.895. The van der Waals surface area contributed by atoms with E-state index in [0.29, 0.717) is 18.3 Å². The van der Waals surface area contributed by atoms with Crippen LogP contribution >= 0.6 is 12.2 Å². The predicted molar refractivity (Wildman–Crippen MR) is 105 cm³/mol. The first-order valence-corrected chi connectivity index (χ1v) is 9.95. The first-order chi connectivity index (χ1) is 12.6. The first kappa shape index (κ1) is 19.0. The van der Waals surface area contributed by atoms with Gasteiger partial charge in [0.1, 0.15) is 5.82 Å². The first-order valence-electron chi connectivity index (χ1n) is 9.54. The van der Waals surface area contributed by atoms with Crippen molar-refractivity contribution in [2.45, 2.75) is 38.1 Å². The monoisotopic (exact) mass is 379 g/mol. The van der Waals surface area contributed by atoms with Crippen LogP contribution in [0, 0.1) is 5.82 Å². The fourth-order valence-corrected chi connectivity index (χ4v) is 4.06. The Morgan fingerprint density at radius 1 is 1.23 bits per heavy atom. The number of hydrogen-bond acceptors (Lipinski definition) is 2. The van der Waals surface area contributed by atoms with Crippen LogP contribution in [0.5, 0.6) is 0 Å². The lowest BCUT2D eigenvalue weighted by atomic mass is 9.96. The van der Waals surface area contributed by atoms with Gasteiger partial charge in [0.25, 0.3) is 5.91 Å². The number of quaternary nitrogens is 1. The van der Waals surface area contributed by atoms with Gasteiger partial charge in [0.2, 0.25) is 0 Å². The molecule has 26 heavy (non-hydrogen) atoms. The third-order valence-corrected chi connectivity index (χ3v) is 5.59. The molecule has 1 saturated carbocycles. The molecule has 3 rings (SSSR count). The van der Waals surface area contributed by atoms with Crippen LogP contribution in [-0.2, 0) is 4.79 Å². The normalized spacial score (nSPS) is 19.2. The van der Waals surface area contributed by atoms with Crippen molar-refractivity contribution in [3.05, 3.63) is 30.1 Å².